The van der Waals surface area contributed by atoms with E-state index < -0.39 is 0 Å². The van der Waals surface area contributed by atoms with Crippen LogP contribution in [0.4, 0.5) is 0 Å². The van der Waals surface area contributed by atoms with Crippen LogP contribution in [0.25, 0.3) is 0 Å². The van der Waals surface area contributed by atoms with Crippen LogP contribution in [0.3, 0.4) is 0 Å². The molecule has 0 saturated heterocycles. The summed E-state index contributed by atoms with van der Waals surface area (Å²) >= 11 is 0. The average Bonchev–Trinajstić information content (AvgIpc) is 2.14. The molecule has 0 aromatic carbocycles. The fourth-order valence-electron chi connectivity index (χ4n) is 0.482. The monoisotopic (exact) mass is 185 g/mol. The van der Waals surface area contributed by atoms with Gasteiger partial charge in [0.15, 0.2) is 0 Å². The van der Waals surface area contributed by atoms with Crippen LogP contribution in [0, 0.1) is 0 Å². The summed E-state index contributed by atoms with van der Waals surface area (Å²) in [4.78, 5) is 10.3. The maximum absolute atomic E-state index is 10.3. The predicted octanol–water partition coefficient (Wildman–Crippen LogP) is 0.00530. The number of H-pyrrole nitrogens is 2. The van der Waals surface area contributed by atoms with Crippen molar-refractivity contribution in [2.24, 2.45) is 5.73 Å². The lowest BCUT2D eigenvalue weighted by Crippen LogP contribution is -1.96. The molecule has 0 amide bonds. The van der Waals surface area contributed by atoms with Gasteiger partial charge in [-0.1, -0.05) is 0 Å². The van der Waals surface area contributed by atoms with E-state index in [1.807, 2.05) is 0 Å². The lowest BCUT2D eigenvalue weighted by Gasteiger charge is -1.80. The van der Waals surface area contributed by atoms with E-state index in [2.05, 4.69) is 10.2 Å². The molecule has 60 valence electrons. The molecule has 0 bridgehead atoms. The fraction of sp³-hybridized carbons (Fsp3) is 0.250. The van der Waals surface area contributed by atoms with Gasteiger partial charge in [-0.2, -0.15) is 0 Å². The molecule has 0 aliphatic rings. The summed E-state index contributed by atoms with van der Waals surface area (Å²) in [7, 11) is 0. The van der Waals surface area contributed by atoms with Gasteiger partial charge in [-0.15, -0.1) is 24.8 Å². The number of hydrogen-bond acceptors (Lipinski definition) is 2. The van der Waals surface area contributed by atoms with Crippen molar-refractivity contribution in [2.45, 2.75) is 6.54 Å². The number of aromatic amines is 2. The van der Waals surface area contributed by atoms with Crippen molar-refractivity contribution in [1.29, 1.82) is 0 Å². The maximum Gasteiger partial charge on any atom is 0.264 e. The molecule has 0 spiro atoms. The number of rotatable bonds is 1. The lowest BCUT2D eigenvalue weighted by molar-refractivity contribution is 0.940. The van der Waals surface area contributed by atoms with Crippen molar-refractivity contribution in [3.63, 3.8) is 0 Å². The molecule has 1 rings (SSSR count). The standard InChI is InChI=1S/C4H7N3O.2ClH/c5-2-3-1-4(8)7-6-3;;/h1H,2,5H2,(H2,6,7,8);2*1H. The van der Waals surface area contributed by atoms with Crippen molar-refractivity contribution in [3.05, 3.63) is 22.1 Å². The van der Waals surface area contributed by atoms with E-state index in [1.165, 1.54) is 6.07 Å². The molecule has 10 heavy (non-hydrogen) atoms. The Balaban J connectivity index is 0. The molecule has 6 heteroatoms. The Morgan fingerprint density at radius 2 is 2.00 bits per heavy atom. The zero-order chi connectivity index (χ0) is 5.98. The minimum atomic E-state index is -0.134. The van der Waals surface area contributed by atoms with Crippen LogP contribution in [0.5, 0.6) is 0 Å². The quantitative estimate of drug-likeness (QED) is 0.577. The average molecular weight is 186 g/mol. The maximum atomic E-state index is 10.3. The molecule has 1 aromatic heterocycles. The fourth-order valence-corrected chi connectivity index (χ4v) is 0.482. The van der Waals surface area contributed by atoms with Gasteiger partial charge < -0.3 is 10.8 Å². The minimum absolute atomic E-state index is 0. The first-order valence-electron chi connectivity index (χ1n) is 2.29. The second-order valence-electron chi connectivity index (χ2n) is 1.49. The highest BCUT2D eigenvalue weighted by atomic mass is 35.5. The third-order valence-corrected chi connectivity index (χ3v) is 0.871. The third-order valence-electron chi connectivity index (χ3n) is 0.871. The van der Waals surface area contributed by atoms with Crippen LogP contribution in [0.1, 0.15) is 5.69 Å². The number of nitrogens with one attached hydrogen (secondary N) is 2. The SMILES string of the molecule is Cl.Cl.NCc1cc(=O)[nH][nH]1. The number of aromatic nitrogens is 2. The molecule has 0 aliphatic carbocycles. The Labute approximate surface area is 70.0 Å². The normalized spacial score (nSPS) is 7.70. The molecule has 1 heterocycles. The highest BCUT2D eigenvalue weighted by Gasteiger charge is 1.88. The summed E-state index contributed by atoms with van der Waals surface area (Å²) in [5.74, 6) is 0. The van der Waals surface area contributed by atoms with Crippen LogP contribution in [0.15, 0.2) is 10.9 Å². The summed E-state index contributed by atoms with van der Waals surface area (Å²) in [6.07, 6.45) is 0. The van der Waals surface area contributed by atoms with Crippen LogP contribution in [0.2, 0.25) is 0 Å². The van der Waals surface area contributed by atoms with Crippen LogP contribution < -0.4 is 11.3 Å². The predicted molar refractivity (Wildman–Crippen MR) is 43.8 cm³/mol. The number of halogens is 2. The van der Waals surface area contributed by atoms with Crippen molar-refractivity contribution in [2.75, 3.05) is 0 Å². The first-order chi connectivity index (χ1) is 3.83. The Hall–Kier alpha value is -0.450. The molecule has 0 fully saturated rings. The van der Waals surface area contributed by atoms with E-state index >= 15 is 0 Å². The van der Waals surface area contributed by atoms with Crippen LogP contribution in [-0.2, 0) is 6.54 Å². The zero-order valence-corrected chi connectivity index (χ0v) is 6.72. The molecule has 1 aromatic rings. The highest BCUT2D eigenvalue weighted by molar-refractivity contribution is 5.85. The van der Waals surface area contributed by atoms with Crippen molar-refractivity contribution >= 4 is 24.8 Å². The first-order valence-corrected chi connectivity index (χ1v) is 2.29. The van der Waals surface area contributed by atoms with Gasteiger partial charge in [0.1, 0.15) is 0 Å². The molecular formula is C4H9Cl2N3O. The molecule has 0 saturated carbocycles. The Morgan fingerprint density at radius 1 is 1.40 bits per heavy atom. The van der Waals surface area contributed by atoms with Gasteiger partial charge >= 0.3 is 0 Å². The van der Waals surface area contributed by atoms with E-state index in [4.69, 9.17) is 5.73 Å². The van der Waals surface area contributed by atoms with E-state index in [1.54, 1.807) is 0 Å². The first kappa shape index (κ1) is 12.2. The van der Waals surface area contributed by atoms with Gasteiger partial charge in [0.25, 0.3) is 5.56 Å². The largest absolute Gasteiger partial charge is 0.325 e. The van der Waals surface area contributed by atoms with Crippen molar-refractivity contribution < 1.29 is 0 Å². The molecule has 0 radical (unpaired) electrons. The number of hydrogen-bond donors (Lipinski definition) is 3. The summed E-state index contributed by atoms with van der Waals surface area (Å²) in [6, 6.07) is 1.43. The van der Waals surface area contributed by atoms with Crippen molar-refractivity contribution in [1.82, 2.24) is 10.2 Å². The molecule has 0 unspecified atom stereocenters. The zero-order valence-electron chi connectivity index (χ0n) is 5.09. The van der Waals surface area contributed by atoms with E-state index in [9.17, 15) is 4.79 Å². The van der Waals surface area contributed by atoms with Crippen molar-refractivity contribution in [3.8, 4) is 0 Å². The van der Waals surface area contributed by atoms with E-state index in [0.717, 1.165) is 5.69 Å². The Bertz CT molecular complexity index is 218. The minimum Gasteiger partial charge on any atom is -0.325 e. The third kappa shape index (κ3) is 2.91. The Kier molecular flexibility index (Phi) is 6.54. The molecule has 4 N–H and O–H groups in total. The van der Waals surface area contributed by atoms with Gasteiger partial charge in [-0.3, -0.25) is 9.89 Å². The summed E-state index contributed by atoms with van der Waals surface area (Å²) < 4.78 is 0. The van der Waals surface area contributed by atoms with Gasteiger partial charge in [0.2, 0.25) is 0 Å². The van der Waals surface area contributed by atoms with E-state index in [-0.39, 0.29) is 30.4 Å². The molecule has 0 aliphatic heterocycles. The van der Waals surface area contributed by atoms with E-state index in [0.29, 0.717) is 6.54 Å². The lowest BCUT2D eigenvalue weighted by atomic mass is 10.4. The van der Waals surface area contributed by atoms with Crippen LogP contribution >= 0.6 is 24.8 Å². The summed E-state index contributed by atoms with van der Waals surface area (Å²) in [5, 5.41) is 4.95. The van der Waals surface area contributed by atoms with Gasteiger partial charge in [0, 0.05) is 12.6 Å². The van der Waals surface area contributed by atoms with Gasteiger partial charge in [0.05, 0.1) is 5.69 Å². The van der Waals surface area contributed by atoms with Crippen LogP contribution in [-0.4, -0.2) is 10.2 Å². The number of nitrogens with two attached hydrogens (primary N) is 1. The molecule has 0 atom stereocenters. The summed E-state index contributed by atoms with van der Waals surface area (Å²) in [6.45, 7) is 0.374. The second-order valence-corrected chi connectivity index (χ2v) is 1.49. The van der Waals surface area contributed by atoms with Gasteiger partial charge in [-0.25, -0.2) is 0 Å². The topological polar surface area (TPSA) is 74.7 Å². The van der Waals surface area contributed by atoms with Gasteiger partial charge in [-0.05, 0) is 0 Å². The second kappa shape index (κ2) is 5.34. The smallest absolute Gasteiger partial charge is 0.264 e. The highest BCUT2D eigenvalue weighted by Crippen LogP contribution is 1.79. The molecular weight excluding hydrogens is 177 g/mol. The molecule has 4 nitrogen and oxygen atoms in total. The summed E-state index contributed by atoms with van der Waals surface area (Å²) in [5.41, 5.74) is 5.77. The Morgan fingerprint density at radius 3 is 2.20 bits per heavy atom.